The molecule has 0 aliphatic carbocycles. The molecule has 1 aliphatic heterocycles. The minimum atomic E-state index is -0.498. The van der Waals surface area contributed by atoms with E-state index < -0.39 is 4.92 Å². The molecular weight excluding hydrogens is 423 g/mol. The Morgan fingerprint density at radius 3 is 2.45 bits per heavy atom. The van der Waals surface area contributed by atoms with Crippen LogP contribution in [0.5, 0.6) is 0 Å². The summed E-state index contributed by atoms with van der Waals surface area (Å²) in [6, 6.07) is 10.7. The van der Waals surface area contributed by atoms with Crippen LogP contribution in [0.2, 0.25) is 0 Å². The van der Waals surface area contributed by atoms with Gasteiger partial charge in [-0.1, -0.05) is 0 Å². The Hall–Kier alpha value is -3.47. The highest BCUT2D eigenvalue weighted by molar-refractivity contribution is 7.99. The van der Waals surface area contributed by atoms with Crippen molar-refractivity contribution in [1.82, 2.24) is 19.7 Å². The van der Waals surface area contributed by atoms with Crippen molar-refractivity contribution in [2.75, 3.05) is 31.1 Å². The average molecular weight is 442 g/mol. The summed E-state index contributed by atoms with van der Waals surface area (Å²) in [7, 11) is 1.75. The molecule has 3 aromatic rings. The van der Waals surface area contributed by atoms with E-state index in [1.54, 1.807) is 40.8 Å². The molecule has 11 heteroatoms. The van der Waals surface area contributed by atoms with Gasteiger partial charge in [0.1, 0.15) is 12.1 Å². The Morgan fingerprint density at radius 2 is 1.84 bits per heavy atom. The third-order valence-corrected chi connectivity index (χ3v) is 6.15. The van der Waals surface area contributed by atoms with E-state index in [4.69, 9.17) is 0 Å². The van der Waals surface area contributed by atoms with E-state index >= 15 is 0 Å². The van der Waals surface area contributed by atoms with Crippen LogP contribution in [0.4, 0.5) is 15.8 Å². The molecule has 160 valence electrons. The van der Waals surface area contributed by atoms with E-state index in [0.29, 0.717) is 36.2 Å². The molecule has 1 fully saturated rings. The Labute approximate surface area is 181 Å². The number of hydrogen-bond donors (Lipinski definition) is 0. The van der Waals surface area contributed by atoms with E-state index in [9.17, 15) is 19.3 Å². The van der Waals surface area contributed by atoms with Gasteiger partial charge in [0.05, 0.1) is 9.82 Å². The third-order valence-electron chi connectivity index (χ3n) is 5.03. The van der Waals surface area contributed by atoms with Crippen molar-refractivity contribution in [2.24, 2.45) is 7.05 Å². The number of nitrogens with zero attached hydrogens (tertiary/aromatic N) is 6. The number of nitro groups is 1. The Balaban J connectivity index is 1.47. The average Bonchev–Trinajstić information content (AvgIpc) is 3.18. The van der Waals surface area contributed by atoms with Gasteiger partial charge < -0.3 is 14.4 Å². The first-order valence-electron chi connectivity index (χ1n) is 9.52. The molecule has 0 atom stereocenters. The summed E-state index contributed by atoms with van der Waals surface area (Å²) in [5.74, 6) is -0.544. The van der Waals surface area contributed by atoms with Crippen molar-refractivity contribution in [3.05, 3.63) is 70.3 Å². The quantitative estimate of drug-likeness (QED) is 0.443. The third kappa shape index (κ3) is 4.50. The molecule has 1 aliphatic rings. The van der Waals surface area contributed by atoms with Crippen molar-refractivity contribution < 1.29 is 14.1 Å². The van der Waals surface area contributed by atoms with Gasteiger partial charge in [-0.05, 0) is 48.2 Å². The molecular formula is C20H19FN6O3S. The Bertz CT molecular complexity index is 1110. The van der Waals surface area contributed by atoms with Crippen molar-refractivity contribution >= 4 is 29.0 Å². The topological polar surface area (TPSA) is 97.4 Å². The summed E-state index contributed by atoms with van der Waals surface area (Å²) in [5.41, 5.74) is 1.02. The van der Waals surface area contributed by atoms with Crippen LogP contribution in [-0.4, -0.2) is 56.7 Å². The van der Waals surface area contributed by atoms with Gasteiger partial charge in [-0.15, -0.1) is 10.2 Å². The number of hydrogen-bond acceptors (Lipinski definition) is 7. The fraction of sp³-hybridized carbons (Fsp3) is 0.250. The first-order chi connectivity index (χ1) is 14.9. The molecule has 4 rings (SSSR count). The van der Waals surface area contributed by atoms with Gasteiger partial charge in [0, 0.05) is 50.5 Å². The van der Waals surface area contributed by atoms with Crippen LogP contribution in [0.15, 0.2) is 58.8 Å². The second kappa shape index (κ2) is 8.72. The second-order valence-corrected chi connectivity index (χ2v) is 8.03. The number of amides is 1. The van der Waals surface area contributed by atoms with Gasteiger partial charge >= 0.3 is 0 Å². The summed E-state index contributed by atoms with van der Waals surface area (Å²) in [4.78, 5) is 28.2. The first kappa shape index (κ1) is 20.8. The monoisotopic (exact) mass is 442 g/mol. The standard InChI is InChI=1S/C20H19FN6O3S/c1-24-13-22-23-20(24)31-18-7-2-14(12-17(18)27(29)30)19(28)26-10-8-25(9-11-26)16-5-3-15(21)4-6-16/h2-7,12-13H,8-11H2,1H3. The zero-order valence-electron chi connectivity index (χ0n) is 16.6. The number of benzene rings is 2. The smallest absolute Gasteiger partial charge is 0.284 e. The molecule has 0 unspecified atom stereocenters. The molecule has 0 N–H and O–H groups in total. The number of carbonyl (C=O) groups excluding carboxylic acids is 1. The van der Waals surface area contributed by atoms with Crippen LogP contribution in [0, 0.1) is 15.9 Å². The van der Waals surface area contributed by atoms with Crippen LogP contribution in [0.25, 0.3) is 0 Å². The van der Waals surface area contributed by atoms with Crippen LogP contribution >= 0.6 is 11.8 Å². The zero-order chi connectivity index (χ0) is 22.0. The van der Waals surface area contributed by atoms with E-state index in [0.717, 1.165) is 17.4 Å². The lowest BCUT2D eigenvalue weighted by atomic mass is 10.1. The molecule has 31 heavy (non-hydrogen) atoms. The van der Waals surface area contributed by atoms with Gasteiger partial charge in [-0.2, -0.15) is 0 Å². The van der Waals surface area contributed by atoms with Gasteiger partial charge in [0.15, 0.2) is 5.16 Å². The number of halogens is 1. The van der Waals surface area contributed by atoms with Crippen molar-refractivity contribution in [1.29, 1.82) is 0 Å². The SMILES string of the molecule is Cn1cnnc1Sc1ccc(C(=O)N2CCN(c3ccc(F)cc3)CC2)cc1[N+](=O)[O-]. The van der Waals surface area contributed by atoms with Crippen LogP contribution in [0.1, 0.15) is 10.4 Å². The largest absolute Gasteiger partial charge is 0.368 e. The van der Waals surface area contributed by atoms with E-state index in [-0.39, 0.29) is 23.0 Å². The molecule has 1 aromatic heterocycles. The molecule has 0 bridgehead atoms. The fourth-order valence-corrected chi connectivity index (χ4v) is 4.19. The highest BCUT2D eigenvalue weighted by Gasteiger charge is 2.25. The zero-order valence-corrected chi connectivity index (χ0v) is 17.5. The van der Waals surface area contributed by atoms with E-state index in [1.807, 2.05) is 0 Å². The van der Waals surface area contributed by atoms with Crippen molar-refractivity contribution in [3.63, 3.8) is 0 Å². The molecule has 2 heterocycles. The number of rotatable bonds is 5. The molecule has 0 radical (unpaired) electrons. The lowest BCUT2D eigenvalue weighted by Gasteiger charge is -2.36. The van der Waals surface area contributed by atoms with Crippen molar-refractivity contribution in [3.8, 4) is 0 Å². The maximum Gasteiger partial charge on any atom is 0.284 e. The van der Waals surface area contributed by atoms with Gasteiger partial charge in [-0.3, -0.25) is 14.9 Å². The fourth-order valence-electron chi connectivity index (χ4n) is 3.34. The Morgan fingerprint density at radius 1 is 1.13 bits per heavy atom. The van der Waals surface area contributed by atoms with Crippen LogP contribution in [-0.2, 0) is 7.05 Å². The molecule has 0 saturated carbocycles. The summed E-state index contributed by atoms with van der Waals surface area (Å²) in [6.07, 6.45) is 1.51. The summed E-state index contributed by atoms with van der Waals surface area (Å²) in [6.45, 7) is 2.14. The van der Waals surface area contributed by atoms with Gasteiger partial charge in [0.25, 0.3) is 11.6 Å². The number of carbonyl (C=O) groups is 1. The number of aryl methyl sites for hydroxylation is 1. The van der Waals surface area contributed by atoms with Crippen LogP contribution < -0.4 is 4.90 Å². The van der Waals surface area contributed by atoms with Gasteiger partial charge in [0.2, 0.25) is 0 Å². The minimum absolute atomic E-state index is 0.149. The predicted molar refractivity (Wildman–Crippen MR) is 113 cm³/mol. The van der Waals surface area contributed by atoms with Crippen molar-refractivity contribution in [2.45, 2.75) is 10.1 Å². The lowest BCUT2D eigenvalue weighted by Crippen LogP contribution is -2.48. The number of aromatic nitrogens is 3. The Kier molecular flexibility index (Phi) is 5.85. The molecule has 1 amide bonds. The van der Waals surface area contributed by atoms with E-state index in [1.165, 1.54) is 24.5 Å². The maximum atomic E-state index is 13.1. The number of piperazine rings is 1. The lowest BCUT2D eigenvalue weighted by molar-refractivity contribution is -0.387. The maximum absolute atomic E-state index is 13.1. The van der Waals surface area contributed by atoms with Crippen LogP contribution in [0.3, 0.4) is 0 Å². The predicted octanol–water partition coefficient (Wildman–Crippen LogP) is 2.98. The minimum Gasteiger partial charge on any atom is -0.368 e. The molecule has 9 nitrogen and oxygen atoms in total. The normalized spacial score (nSPS) is 14.0. The molecule has 2 aromatic carbocycles. The molecule has 0 spiro atoms. The van der Waals surface area contributed by atoms with E-state index in [2.05, 4.69) is 15.1 Å². The molecule has 1 saturated heterocycles. The highest BCUT2D eigenvalue weighted by atomic mass is 32.2. The summed E-state index contributed by atoms with van der Waals surface area (Å²) in [5, 5.41) is 19.8. The summed E-state index contributed by atoms with van der Waals surface area (Å²) >= 11 is 1.12. The number of nitro benzene ring substituents is 1. The number of anilines is 1. The second-order valence-electron chi connectivity index (χ2n) is 7.02. The highest BCUT2D eigenvalue weighted by Crippen LogP contribution is 2.34. The van der Waals surface area contributed by atoms with Gasteiger partial charge in [-0.25, -0.2) is 4.39 Å². The first-order valence-corrected chi connectivity index (χ1v) is 10.3. The summed E-state index contributed by atoms with van der Waals surface area (Å²) < 4.78 is 14.8.